The van der Waals surface area contributed by atoms with E-state index >= 15 is 0 Å². The molecule has 122 valence electrons. The van der Waals surface area contributed by atoms with Crippen molar-refractivity contribution in [3.63, 3.8) is 0 Å². The van der Waals surface area contributed by atoms with Crippen molar-refractivity contribution < 1.29 is 14.3 Å². The summed E-state index contributed by atoms with van der Waals surface area (Å²) < 4.78 is 5.71. The lowest BCUT2D eigenvalue weighted by atomic mass is 10.2. The highest BCUT2D eigenvalue weighted by atomic mass is 35.5. The number of rotatable bonds is 5. The maximum atomic E-state index is 11.6. The predicted octanol–water partition coefficient (Wildman–Crippen LogP) is 4.29. The van der Waals surface area contributed by atoms with Crippen molar-refractivity contribution in [2.45, 2.75) is 6.42 Å². The molecule has 2 aromatic carbocycles. The van der Waals surface area contributed by atoms with Crippen molar-refractivity contribution in [2.24, 2.45) is 0 Å². The Morgan fingerprint density at radius 1 is 1.12 bits per heavy atom. The fourth-order valence-electron chi connectivity index (χ4n) is 2.21. The second-order valence-electron chi connectivity index (χ2n) is 5.12. The Hall–Kier alpha value is -2.24. The maximum Gasteiger partial charge on any atom is 0.290 e. The molecule has 0 saturated carbocycles. The third-order valence-electron chi connectivity index (χ3n) is 3.40. The second-order valence-corrected chi connectivity index (χ2v) is 6.54. The van der Waals surface area contributed by atoms with E-state index in [0.29, 0.717) is 27.8 Å². The highest BCUT2D eigenvalue weighted by molar-refractivity contribution is 8.18. The lowest BCUT2D eigenvalue weighted by Gasteiger charge is -2.08. The van der Waals surface area contributed by atoms with E-state index in [2.05, 4.69) is 17.4 Å². The average Bonchev–Trinajstić information content (AvgIpc) is 2.88. The van der Waals surface area contributed by atoms with E-state index in [1.807, 2.05) is 18.2 Å². The molecule has 1 saturated heterocycles. The third-order valence-corrected chi connectivity index (χ3v) is 4.54. The Labute approximate surface area is 148 Å². The van der Waals surface area contributed by atoms with E-state index < -0.39 is 5.91 Å². The van der Waals surface area contributed by atoms with Crippen molar-refractivity contribution in [3.8, 4) is 5.75 Å². The molecule has 2 aromatic rings. The fourth-order valence-corrected chi connectivity index (χ4v) is 3.11. The molecule has 3 rings (SSSR count). The quantitative estimate of drug-likeness (QED) is 0.809. The lowest BCUT2D eigenvalue weighted by Crippen LogP contribution is -2.17. The van der Waals surface area contributed by atoms with E-state index in [9.17, 15) is 9.59 Å². The third kappa shape index (κ3) is 4.19. The Morgan fingerprint density at radius 2 is 1.92 bits per heavy atom. The predicted molar refractivity (Wildman–Crippen MR) is 96.2 cm³/mol. The zero-order valence-corrected chi connectivity index (χ0v) is 14.2. The van der Waals surface area contributed by atoms with Gasteiger partial charge in [0.05, 0.1) is 16.5 Å². The van der Waals surface area contributed by atoms with Gasteiger partial charge in [-0.15, -0.1) is 0 Å². The standard InChI is InChI=1S/C18H14ClNO3S/c19-15-11-14(23-9-8-12-4-2-1-3-5-12)7-6-13(15)10-16-17(21)20-18(22)24-16/h1-7,10-11H,8-9H2,(H,20,21,22)/b16-10-. The van der Waals surface area contributed by atoms with E-state index in [4.69, 9.17) is 16.3 Å². The average molecular weight is 360 g/mol. The van der Waals surface area contributed by atoms with Gasteiger partial charge in [-0.2, -0.15) is 0 Å². The van der Waals surface area contributed by atoms with E-state index in [1.165, 1.54) is 5.56 Å². The van der Waals surface area contributed by atoms with Gasteiger partial charge < -0.3 is 4.74 Å². The first-order valence-electron chi connectivity index (χ1n) is 7.33. The number of carbonyl (C=O) groups is 2. The van der Waals surface area contributed by atoms with Crippen molar-refractivity contribution in [1.29, 1.82) is 0 Å². The molecule has 6 heteroatoms. The van der Waals surface area contributed by atoms with Crippen LogP contribution in [0.3, 0.4) is 0 Å². The zero-order chi connectivity index (χ0) is 16.9. The van der Waals surface area contributed by atoms with Gasteiger partial charge >= 0.3 is 0 Å². The lowest BCUT2D eigenvalue weighted by molar-refractivity contribution is -0.115. The van der Waals surface area contributed by atoms with Crippen LogP contribution in [0.2, 0.25) is 5.02 Å². The van der Waals surface area contributed by atoms with Gasteiger partial charge in [0, 0.05) is 6.42 Å². The first-order valence-corrected chi connectivity index (χ1v) is 8.52. The number of ether oxygens (including phenoxy) is 1. The molecular formula is C18H14ClNO3S. The molecule has 1 aliphatic heterocycles. The summed E-state index contributed by atoms with van der Waals surface area (Å²) in [7, 11) is 0. The first-order chi connectivity index (χ1) is 11.6. The number of imide groups is 1. The summed E-state index contributed by atoms with van der Waals surface area (Å²) in [5, 5.41) is 2.30. The Bertz CT molecular complexity index is 805. The fraction of sp³-hybridized carbons (Fsp3) is 0.111. The van der Waals surface area contributed by atoms with Crippen molar-refractivity contribution in [2.75, 3.05) is 6.61 Å². The van der Waals surface area contributed by atoms with Crippen molar-refractivity contribution in [3.05, 3.63) is 69.6 Å². The number of amides is 2. The second kappa shape index (κ2) is 7.55. The summed E-state index contributed by atoms with van der Waals surface area (Å²) in [6.45, 7) is 0.549. The summed E-state index contributed by atoms with van der Waals surface area (Å²) in [5.41, 5.74) is 1.87. The number of carbonyl (C=O) groups excluding carboxylic acids is 2. The smallest absolute Gasteiger partial charge is 0.290 e. The van der Waals surface area contributed by atoms with Gasteiger partial charge in [-0.3, -0.25) is 14.9 Å². The van der Waals surface area contributed by atoms with Gasteiger partial charge in [0.15, 0.2) is 0 Å². The van der Waals surface area contributed by atoms with Crippen LogP contribution >= 0.6 is 23.4 Å². The molecule has 1 heterocycles. The molecule has 24 heavy (non-hydrogen) atoms. The molecule has 0 aliphatic carbocycles. The highest BCUT2D eigenvalue weighted by Crippen LogP contribution is 2.30. The Balaban J connectivity index is 1.63. The molecule has 1 fully saturated rings. The molecule has 0 unspecified atom stereocenters. The van der Waals surface area contributed by atoms with Crippen LogP contribution in [0.1, 0.15) is 11.1 Å². The molecule has 4 nitrogen and oxygen atoms in total. The molecule has 0 bridgehead atoms. The first kappa shape index (κ1) is 16.6. The minimum atomic E-state index is -0.399. The van der Waals surface area contributed by atoms with Crippen LogP contribution in [-0.2, 0) is 11.2 Å². The van der Waals surface area contributed by atoms with Crippen LogP contribution in [0.5, 0.6) is 5.75 Å². The van der Waals surface area contributed by atoms with Crippen LogP contribution in [0.15, 0.2) is 53.4 Å². The summed E-state index contributed by atoms with van der Waals surface area (Å²) >= 11 is 7.10. The van der Waals surface area contributed by atoms with Gasteiger partial charge in [-0.25, -0.2) is 0 Å². The van der Waals surface area contributed by atoms with E-state index in [0.717, 1.165) is 18.2 Å². The van der Waals surface area contributed by atoms with Gasteiger partial charge in [-0.1, -0.05) is 41.9 Å². The molecule has 1 N–H and O–H groups in total. The SMILES string of the molecule is O=C1NC(=O)/C(=C/c2ccc(OCCc3ccccc3)cc2Cl)S1. The number of thioether (sulfide) groups is 1. The van der Waals surface area contributed by atoms with Crippen LogP contribution < -0.4 is 10.1 Å². The normalized spacial score (nSPS) is 15.6. The monoisotopic (exact) mass is 359 g/mol. The highest BCUT2D eigenvalue weighted by Gasteiger charge is 2.25. The van der Waals surface area contributed by atoms with Crippen LogP contribution in [0, 0.1) is 0 Å². The van der Waals surface area contributed by atoms with Crippen molar-refractivity contribution >= 4 is 40.6 Å². The molecule has 1 aliphatic rings. The van der Waals surface area contributed by atoms with Crippen LogP contribution in [0.25, 0.3) is 6.08 Å². The van der Waals surface area contributed by atoms with Gasteiger partial charge in [0.1, 0.15) is 5.75 Å². The molecule has 0 radical (unpaired) electrons. The minimum absolute atomic E-state index is 0.333. The van der Waals surface area contributed by atoms with Gasteiger partial charge in [0.2, 0.25) is 0 Å². The molecule has 2 amide bonds. The van der Waals surface area contributed by atoms with Gasteiger partial charge in [0.25, 0.3) is 11.1 Å². The number of benzene rings is 2. The Morgan fingerprint density at radius 3 is 2.58 bits per heavy atom. The minimum Gasteiger partial charge on any atom is -0.493 e. The van der Waals surface area contributed by atoms with E-state index in [1.54, 1.807) is 24.3 Å². The topological polar surface area (TPSA) is 55.4 Å². The largest absolute Gasteiger partial charge is 0.493 e. The van der Waals surface area contributed by atoms with E-state index in [-0.39, 0.29) is 5.24 Å². The number of hydrogen-bond acceptors (Lipinski definition) is 4. The zero-order valence-electron chi connectivity index (χ0n) is 12.6. The molecule has 0 spiro atoms. The van der Waals surface area contributed by atoms with Gasteiger partial charge in [-0.05, 0) is 47.2 Å². The van der Waals surface area contributed by atoms with Crippen LogP contribution in [0.4, 0.5) is 4.79 Å². The number of nitrogens with one attached hydrogen (secondary N) is 1. The summed E-state index contributed by atoms with van der Waals surface area (Å²) in [6.07, 6.45) is 2.41. The van der Waals surface area contributed by atoms with Crippen molar-refractivity contribution in [1.82, 2.24) is 5.32 Å². The maximum absolute atomic E-state index is 11.6. The molecule has 0 atom stereocenters. The Kier molecular flexibility index (Phi) is 5.23. The molecule has 0 aromatic heterocycles. The summed E-state index contributed by atoms with van der Waals surface area (Å²) in [5.74, 6) is 0.266. The number of halogens is 1. The number of hydrogen-bond donors (Lipinski definition) is 1. The summed E-state index contributed by atoms with van der Waals surface area (Å²) in [6, 6.07) is 15.3. The van der Waals surface area contributed by atoms with Crippen LogP contribution in [-0.4, -0.2) is 17.8 Å². The summed E-state index contributed by atoms with van der Waals surface area (Å²) in [4.78, 5) is 23.1. The molecular weight excluding hydrogens is 346 g/mol.